The van der Waals surface area contributed by atoms with Crippen molar-refractivity contribution in [3.8, 4) is 0 Å². The molecule has 1 aromatic heterocycles. The number of amides is 1. The summed E-state index contributed by atoms with van der Waals surface area (Å²) in [7, 11) is 0. The highest BCUT2D eigenvalue weighted by molar-refractivity contribution is 8.00. The van der Waals surface area contributed by atoms with E-state index in [1.54, 1.807) is 31.4 Å². The Morgan fingerprint density at radius 1 is 1.38 bits per heavy atom. The summed E-state index contributed by atoms with van der Waals surface area (Å²) in [5, 5.41) is 15.0. The third kappa shape index (κ3) is 5.81. The summed E-state index contributed by atoms with van der Waals surface area (Å²) in [5.74, 6) is -0.608. The van der Waals surface area contributed by atoms with Crippen LogP contribution in [0.2, 0.25) is 0 Å². The number of rotatable bonds is 8. The van der Waals surface area contributed by atoms with Crippen molar-refractivity contribution < 1.29 is 19.2 Å². The second kappa shape index (κ2) is 9.30. The number of thiazole rings is 1. The van der Waals surface area contributed by atoms with Crippen LogP contribution in [0.1, 0.15) is 19.5 Å². The van der Waals surface area contributed by atoms with Gasteiger partial charge in [-0.25, -0.2) is 4.98 Å². The first kappa shape index (κ1) is 19.9. The van der Waals surface area contributed by atoms with Gasteiger partial charge in [0.2, 0.25) is 5.91 Å². The molecule has 0 aliphatic heterocycles. The molecule has 10 heteroatoms. The van der Waals surface area contributed by atoms with E-state index in [0.29, 0.717) is 17.4 Å². The molecule has 0 spiro atoms. The molecule has 8 nitrogen and oxygen atoms in total. The summed E-state index contributed by atoms with van der Waals surface area (Å²) in [6, 6.07) is 6.01. The maximum atomic E-state index is 12.3. The number of carbonyl (C=O) groups excluding carboxylic acids is 2. The van der Waals surface area contributed by atoms with Crippen LogP contribution in [0.15, 0.2) is 34.5 Å². The summed E-state index contributed by atoms with van der Waals surface area (Å²) >= 11 is 2.52. The summed E-state index contributed by atoms with van der Waals surface area (Å²) in [6.45, 7) is 3.77. The first-order chi connectivity index (χ1) is 12.4. The number of carbonyl (C=O) groups is 2. The van der Waals surface area contributed by atoms with Crippen LogP contribution in [-0.2, 0) is 20.7 Å². The average Bonchev–Trinajstić information content (AvgIpc) is 3.02. The number of anilines is 1. The number of hydrogen-bond donors (Lipinski definition) is 1. The number of thioether (sulfide) groups is 1. The molecule has 0 saturated heterocycles. The van der Waals surface area contributed by atoms with Gasteiger partial charge in [0.1, 0.15) is 0 Å². The maximum Gasteiger partial charge on any atom is 0.311 e. The van der Waals surface area contributed by atoms with Crippen molar-refractivity contribution in [2.24, 2.45) is 0 Å². The van der Waals surface area contributed by atoms with Crippen molar-refractivity contribution in [2.75, 3.05) is 11.9 Å². The molecular weight excluding hydrogens is 378 g/mol. The van der Waals surface area contributed by atoms with E-state index < -0.39 is 10.2 Å². The zero-order valence-corrected chi connectivity index (χ0v) is 15.8. The molecular formula is C16H17N3O5S2. The Kier molecular flexibility index (Phi) is 7.10. The van der Waals surface area contributed by atoms with Gasteiger partial charge in [-0.1, -0.05) is 0 Å². The summed E-state index contributed by atoms with van der Waals surface area (Å²) in [4.78, 5) is 38.8. The van der Waals surface area contributed by atoms with Crippen molar-refractivity contribution in [3.05, 3.63) is 45.5 Å². The molecule has 0 aliphatic rings. The number of non-ortho nitro benzene ring substituents is 1. The lowest BCUT2D eigenvalue weighted by molar-refractivity contribution is -0.384. The SMILES string of the molecule is CCOC(=O)Cc1csc(NC(=O)C(C)Sc2ccc([N+](=O)[O-])cc2)n1. The van der Waals surface area contributed by atoms with Gasteiger partial charge in [-0.3, -0.25) is 19.7 Å². The van der Waals surface area contributed by atoms with Crippen molar-refractivity contribution in [1.29, 1.82) is 0 Å². The fraction of sp³-hybridized carbons (Fsp3) is 0.312. The minimum atomic E-state index is -0.471. The summed E-state index contributed by atoms with van der Waals surface area (Å²) in [5.41, 5.74) is 0.544. The number of nitrogens with one attached hydrogen (secondary N) is 1. The lowest BCUT2D eigenvalue weighted by Gasteiger charge is -2.10. The zero-order valence-electron chi connectivity index (χ0n) is 14.1. The molecule has 0 aliphatic carbocycles. The number of benzene rings is 1. The Balaban J connectivity index is 1.89. The Morgan fingerprint density at radius 2 is 2.08 bits per heavy atom. The number of ether oxygens (including phenoxy) is 1. The Bertz CT molecular complexity index is 791. The minimum Gasteiger partial charge on any atom is -0.466 e. The third-order valence-corrected chi connectivity index (χ3v) is 5.06. The molecule has 0 saturated carbocycles. The van der Waals surface area contributed by atoms with Crippen molar-refractivity contribution >= 4 is 45.8 Å². The van der Waals surface area contributed by atoms with Gasteiger partial charge in [0, 0.05) is 22.4 Å². The highest BCUT2D eigenvalue weighted by Crippen LogP contribution is 2.26. The smallest absolute Gasteiger partial charge is 0.311 e. The zero-order chi connectivity index (χ0) is 19.1. The quantitative estimate of drug-likeness (QED) is 0.316. The molecule has 1 atom stereocenters. The molecule has 138 valence electrons. The van der Waals surface area contributed by atoms with Crippen molar-refractivity contribution in [1.82, 2.24) is 4.98 Å². The first-order valence-corrected chi connectivity index (χ1v) is 9.47. The molecule has 2 aromatic rings. The molecule has 1 N–H and O–H groups in total. The minimum absolute atomic E-state index is 0.00312. The predicted molar refractivity (Wildman–Crippen MR) is 99.5 cm³/mol. The van der Waals surface area contributed by atoms with E-state index in [0.717, 1.165) is 4.90 Å². The van der Waals surface area contributed by atoms with Gasteiger partial charge >= 0.3 is 5.97 Å². The van der Waals surface area contributed by atoms with Gasteiger partial charge in [-0.05, 0) is 26.0 Å². The van der Waals surface area contributed by atoms with Crippen LogP contribution >= 0.6 is 23.1 Å². The van der Waals surface area contributed by atoms with E-state index in [-0.39, 0.29) is 24.0 Å². The van der Waals surface area contributed by atoms with Crippen LogP contribution in [0, 0.1) is 10.1 Å². The fourth-order valence-corrected chi connectivity index (χ4v) is 3.50. The van der Waals surface area contributed by atoms with Gasteiger partial charge in [-0.15, -0.1) is 23.1 Å². The van der Waals surface area contributed by atoms with Crippen LogP contribution in [0.25, 0.3) is 0 Å². The number of nitrogens with zero attached hydrogens (tertiary/aromatic N) is 2. The van der Waals surface area contributed by atoms with Crippen LogP contribution < -0.4 is 5.32 Å². The molecule has 2 rings (SSSR count). The lowest BCUT2D eigenvalue weighted by Crippen LogP contribution is -2.22. The molecule has 1 amide bonds. The van der Waals surface area contributed by atoms with E-state index in [2.05, 4.69) is 10.3 Å². The Hall–Kier alpha value is -2.46. The van der Waals surface area contributed by atoms with E-state index in [1.807, 2.05) is 0 Å². The topological polar surface area (TPSA) is 111 Å². The molecule has 1 unspecified atom stereocenters. The second-order valence-corrected chi connectivity index (χ2v) is 7.40. The number of esters is 1. The number of nitro groups is 1. The van der Waals surface area contributed by atoms with Crippen LogP contribution in [0.5, 0.6) is 0 Å². The van der Waals surface area contributed by atoms with Gasteiger partial charge in [0.25, 0.3) is 5.69 Å². The lowest BCUT2D eigenvalue weighted by atomic mass is 10.3. The first-order valence-electron chi connectivity index (χ1n) is 7.71. The van der Waals surface area contributed by atoms with Crippen LogP contribution in [-0.4, -0.2) is 33.6 Å². The summed E-state index contributed by atoms with van der Waals surface area (Å²) < 4.78 is 4.86. The highest BCUT2D eigenvalue weighted by Gasteiger charge is 2.17. The standard InChI is InChI=1S/C16H17N3O5S2/c1-3-24-14(20)8-11-9-25-16(17-11)18-15(21)10(2)26-13-6-4-12(5-7-13)19(22)23/h4-7,9-10H,3,8H2,1-2H3,(H,17,18,21). The molecule has 1 aromatic carbocycles. The highest BCUT2D eigenvalue weighted by atomic mass is 32.2. The van der Waals surface area contributed by atoms with Crippen molar-refractivity contribution in [2.45, 2.75) is 30.4 Å². The number of hydrogen-bond acceptors (Lipinski definition) is 8. The number of aromatic nitrogens is 1. The molecule has 0 fully saturated rings. The summed E-state index contributed by atoms with van der Waals surface area (Å²) in [6.07, 6.45) is 0.0628. The van der Waals surface area contributed by atoms with Gasteiger partial charge in [-0.2, -0.15) is 0 Å². The monoisotopic (exact) mass is 395 g/mol. The van der Waals surface area contributed by atoms with E-state index in [4.69, 9.17) is 4.74 Å². The third-order valence-electron chi connectivity index (χ3n) is 3.14. The molecule has 26 heavy (non-hydrogen) atoms. The normalized spacial score (nSPS) is 11.6. The average molecular weight is 395 g/mol. The number of nitro benzene ring substituents is 1. The Labute approximate surface area is 158 Å². The second-order valence-electron chi connectivity index (χ2n) is 5.13. The fourth-order valence-electron chi connectivity index (χ4n) is 1.92. The van der Waals surface area contributed by atoms with E-state index in [9.17, 15) is 19.7 Å². The van der Waals surface area contributed by atoms with Crippen LogP contribution in [0.3, 0.4) is 0 Å². The molecule has 0 radical (unpaired) electrons. The molecule has 1 heterocycles. The molecule has 0 bridgehead atoms. The van der Waals surface area contributed by atoms with Gasteiger partial charge in [0.15, 0.2) is 5.13 Å². The maximum absolute atomic E-state index is 12.3. The Morgan fingerprint density at radius 3 is 2.69 bits per heavy atom. The van der Waals surface area contributed by atoms with E-state index >= 15 is 0 Å². The predicted octanol–water partition coefficient (Wildman–Crippen LogP) is 3.28. The van der Waals surface area contributed by atoms with Crippen molar-refractivity contribution in [3.63, 3.8) is 0 Å². The van der Waals surface area contributed by atoms with Gasteiger partial charge < -0.3 is 10.1 Å². The largest absolute Gasteiger partial charge is 0.466 e. The van der Waals surface area contributed by atoms with Crippen LogP contribution in [0.4, 0.5) is 10.8 Å². The van der Waals surface area contributed by atoms with Gasteiger partial charge in [0.05, 0.1) is 28.9 Å². The van der Waals surface area contributed by atoms with E-state index in [1.165, 1.54) is 35.2 Å².